The van der Waals surface area contributed by atoms with Gasteiger partial charge in [-0.2, -0.15) is 0 Å². The van der Waals surface area contributed by atoms with Crippen LogP contribution in [0.3, 0.4) is 0 Å². The smallest absolute Gasteiger partial charge is 0.0568 e. The quantitative estimate of drug-likeness (QED) is 0.785. The Labute approximate surface area is 68.0 Å². The van der Waals surface area contributed by atoms with E-state index in [2.05, 4.69) is 20.9 Å². The number of halogens is 1. The molecule has 0 unspecified atom stereocenters. The summed E-state index contributed by atoms with van der Waals surface area (Å²) >= 11 is 3.32. The summed E-state index contributed by atoms with van der Waals surface area (Å²) in [6.07, 6.45) is 2.33. The lowest BCUT2D eigenvalue weighted by atomic mass is 10.3. The minimum Gasteiger partial charge on any atom is -0.396 e. The van der Waals surface area contributed by atoms with Gasteiger partial charge in [-0.25, -0.2) is 0 Å². The fourth-order valence-corrected chi connectivity index (χ4v) is 1.16. The summed E-state index contributed by atoms with van der Waals surface area (Å²) in [7, 11) is 0. The van der Waals surface area contributed by atoms with Crippen molar-refractivity contribution in [1.29, 1.82) is 0 Å². The molecule has 2 nitrogen and oxygen atoms in total. The molecule has 0 saturated heterocycles. The van der Waals surface area contributed by atoms with E-state index in [1.54, 1.807) is 6.20 Å². The Kier molecular flexibility index (Phi) is 2.83. The maximum absolute atomic E-state index is 8.58. The number of aliphatic hydroxyl groups is 1. The van der Waals surface area contributed by atoms with Crippen LogP contribution < -0.4 is 0 Å². The highest BCUT2D eigenvalue weighted by molar-refractivity contribution is 9.10. The van der Waals surface area contributed by atoms with E-state index in [4.69, 9.17) is 5.11 Å². The number of hydrogen-bond acceptors (Lipinski definition) is 2. The molecular formula is C7H8BrNO. The molecule has 0 aliphatic rings. The van der Waals surface area contributed by atoms with Gasteiger partial charge in [0.1, 0.15) is 0 Å². The van der Waals surface area contributed by atoms with Gasteiger partial charge in [0.25, 0.3) is 0 Å². The fraction of sp³-hybridized carbons (Fsp3) is 0.286. The van der Waals surface area contributed by atoms with Crippen LogP contribution in [0.25, 0.3) is 0 Å². The number of aromatic nitrogens is 1. The van der Waals surface area contributed by atoms with E-state index in [0.717, 1.165) is 10.2 Å². The minimum absolute atomic E-state index is 0.148. The lowest BCUT2D eigenvalue weighted by Crippen LogP contribution is -1.94. The highest BCUT2D eigenvalue weighted by atomic mass is 79.9. The normalized spacial score (nSPS) is 9.80. The summed E-state index contributed by atoms with van der Waals surface area (Å²) in [5, 5.41) is 8.58. The molecule has 0 amide bonds. The molecule has 1 rings (SSSR count). The number of hydrogen-bond donors (Lipinski definition) is 1. The van der Waals surface area contributed by atoms with Gasteiger partial charge in [0.15, 0.2) is 0 Å². The first-order chi connectivity index (χ1) is 4.84. The Balaban J connectivity index is 2.81. The largest absolute Gasteiger partial charge is 0.396 e. The molecule has 0 aliphatic heterocycles. The predicted octanol–water partition coefficient (Wildman–Crippen LogP) is 1.38. The van der Waals surface area contributed by atoms with Crippen LogP contribution in [-0.4, -0.2) is 16.7 Å². The van der Waals surface area contributed by atoms with Gasteiger partial charge in [-0.3, -0.25) is 4.98 Å². The van der Waals surface area contributed by atoms with Crippen molar-refractivity contribution in [2.75, 3.05) is 6.61 Å². The third-order valence-corrected chi connectivity index (χ3v) is 1.91. The molecule has 1 N–H and O–H groups in total. The Morgan fingerprint density at radius 1 is 1.60 bits per heavy atom. The van der Waals surface area contributed by atoms with E-state index < -0.39 is 0 Å². The van der Waals surface area contributed by atoms with Crippen LogP contribution in [0.15, 0.2) is 22.8 Å². The van der Waals surface area contributed by atoms with Crippen molar-refractivity contribution in [3.05, 3.63) is 28.5 Å². The second kappa shape index (κ2) is 3.68. The average molecular weight is 202 g/mol. The lowest BCUT2D eigenvalue weighted by Gasteiger charge is -1.97. The monoisotopic (exact) mass is 201 g/mol. The van der Waals surface area contributed by atoms with Gasteiger partial charge in [0.2, 0.25) is 0 Å². The molecule has 54 valence electrons. The molecule has 1 aromatic heterocycles. The van der Waals surface area contributed by atoms with E-state index >= 15 is 0 Å². The molecule has 10 heavy (non-hydrogen) atoms. The van der Waals surface area contributed by atoms with Crippen molar-refractivity contribution in [3.8, 4) is 0 Å². The third-order valence-electron chi connectivity index (χ3n) is 1.18. The number of nitrogens with zero attached hydrogens (tertiary/aromatic N) is 1. The van der Waals surface area contributed by atoms with Crippen LogP contribution in [0.2, 0.25) is 0 Å². The van der Waals surface area contributed by atoms with E-state index in [1.807, 2.05) is 12.1 Å². The molecule has 1 aromatic rings. The maximum Gasteiger partial charge on any atom is 0.0568 e. The van der Waals surface area contributed by atoms with E-state index in [-0.39, 0.29) is 6.61 Å². The van der Waals surface area contributed by atoms with Crippen molar-refractivity contribution in [3.63, 3.8) is 0 Å². The topological polar surface area (TPSA) is 33.1 Å². The fourth-order valence-electron chi connectivity index (χ4n) is 0.708. The van der Waals surface area contributed by atoms with Crippen molar-refractivity contribution in [2.45, 2.75) is 6.42 Å². The summed E-state index contributed by atoms with van der Waals surface area (Å²) in [5.74, 6) is 0. The third kappa shape index (κ3) is 1.78. The van der Waals surface area contributed by atoms with Gasteiger partial charge in [-0.1, -0.05) is 0 Å². The van der Waals surface area contributed by atoms with Gasteiger partial charge < -0.3 is 5.11 Å². The molecule has 3 heteroatoms. The maximum atomic E-state index is 8.58. The summed E-state index contributed by atoms with van der Waals surface area (Å²) < 4.78 is 0.962. The highest BCUT2D eigenvalue weighted by Gasteiger charge is 1.96. The van der Waals surface area contributed by atoms with Crippen molar-refractivity contribution < 1.29 is 5.11 Å². The first-order valence-corrected chi connectivity index (χ1v) is 3.84. The summed E-state index contributed by atoms with van der Waals surface area (Å²) in [4.78, 5) is 4.06. The van der Waals surface area contributed by atoms with Crippen LogP contribution in [0.5, 0.6) is 0 Å². The average Bonchev–Trinajstić information content (AvgIpc) is 1.94. The van der Waals surface area contributed by atoms with Gasteiger partial charge >= 0.3 is 0 Å². The molecule has 0 spiro atoms. The Bertz CT molecular complexity index is 215. The van der Waals surface area contributed by atoms with Crippen LogP contribution >= 0.6 is 15.9 Å². The zero-order chi connectivity index (χ0) is 7.40. The Morgan fingerprint density at radius 3 is 3.00 bits per heavy atom. The molecule has 0 aromatic carbocycles. The van der Waals surface area contributed by atoms with Gasteiger partial charge in [0.05, 0.1) is 5.69 Å². The zero-order valence-electron chi connectivity index (χ0n) is 5.42. The van der Waals surface area contributed by atoms with Crippen LogP contribution in [-0.2, 0) is 6.42 Å². The van der Waals surface area contributed by atoms with Gasteiger partial charge in [0, 0.05) is 23.7 Å². The molecule has 0 aliphatic carbocycles. The van der Waals surface area contributed by atoms with E-state index in [1.165, 1.54) is 0 Å². The van der Waals surface area contributed by atoms with Crippen molar-refractivity contribution >= 4 is 15.9 Å². The summed E-state index contributed by atoms with van der Waals surface area (Å²) in [5.41, 5.74) is 0.907. The second-order valence-corrected chi connectivity index (χ2v) is 2.76. The lowest BCUT2D eigenvalue weighted by molar-refractivity contribution is 0.298. The number of aliphatic hydroxyl groups excluding tert-OH is 1. The van der Waals surface area contributed by atoms with E-state index in [9.17, 15) is 0 Å². The predicted molar refractivity (Wildman–Crippen MR) is 42.7 cm³/mol. The van der Waals surface area contributed by atoms with Crippen molar-refractivity contribution in [1.82, 2.24) is 4.98 Å². The van der Waals surface area contributed by atoms with Crippen LogP contribution in [0.4, 0.5) is 0 Å². The van der Waals surface area contributed by atoms with Crippen LogP contribution in [0.1, 0.15) is 5.69 Å². The van der Waals surface area contributed by atoms with Crippen molar-refractivity contribution in [2.24, 2.45) is 0 Å². The Hall–Kier alpha value is -0.410. The SMILES string of the molecule is OCCc1ncccc1Br. The molecule has 0 bridgehead atoms. The molecule has 1 heterocycles. The standard InChI is InChI=1S/C7H8BrNO/c8-6-2-1-4-9-7(6)3-5-10/h1-2,4,10H,3,5H2. The van der Waals surface area contributed by atoms with E-state index in [0.29, 0.717) is 6.42 Å². The summed E-state index contributed by atoms with van der Waals surface area (Å²) in [6, 6.07) is 3.77. The minimum atomic E-state index is 0.148. The summed E-state index contributed by atoms with van der Waals surface area (Å²) in [6.45, 7) is 0.148. The first-order valence-electron chi connectivity index (χ1n) is 3.05. The van der Waals surface area contributed by atoms with Crippen LogP contribution in [0, 0.1) is 0 Å². The molecule has 0 saturated carbocycles. The molecular weight excluding hydrogens is 194 g/mol. The highest BCUT2D eigenvalue weighted by Crippen LogP contribution is 2.12. The number of rotatable bonds is 2. The number of pyridine rings is 1. The first kappa shape index (κ1) is 7.69. The molecule has 0 fully saturated rings. The molecule has 0 atom stereocenters. The molecule has 0 radical (unpaired) electrons. The Morgan fingerprint density at radius 2 is 2.40 bits per heavy atom. The second-order valence-electron chi connectivity index (χ2n) is 1.91. The zero-order valence-corrected chi connectivity index (χ0v) is 7.00. The van der Waals surface area contributed by atoms with Gasteiger partial charge in [-0.05, 0) is 28.1 Å². The van der Waals surface area contributed by atoms with Gasteiger partial charge in [-0.15, -0.1) is 0 Å².